The van der Waals surface area contributed by atoms with E-state index >= 15 is 0 Å². The molecule has 0 bridgehead atoms. The third kappa shape index (κ3) is 5.11. The number of hydrogen-bond donors (Lipinski definition) is 2. The van der Waals surface area contributed by atoms with Crippen LogP contribution < -0.4 is 11.1 Å². The Hall–Kier alpha value is -0.610. The van der Waals surface area contributed by atoms with Gasteiger partial charge in [-0.25, -0.2) is 0 Å². The van der Waals surface area contributed by atoms with E-state index in [-0.39, 0.29) is 11.3 Å². The average Bonchev–Trinajstić information content (AvgIpc) is 2.43. The van der Waals surface area contributed by atoms with Crippen LogP contribution >= 0.6 is 0 Å². The minimum atomic E-state index is -0.293. The highest BCUT2D eigenvalue weighted by Gasteiger charge is 2.39. The summed E-state index contributed by atoms with van der Waals surface area (Å²) >= 11 is 0. The number of carbonyl (C=O) groups excluding carboxylic acids is 1. The molecule has 0 aromatic rings. The van der Waals surface area contributed by atoms with Crippen molar-refractivity contribution in [1.29, 1.82) is 0 Å². The number of hydrogen-bond acceptors (Lipinski definition) is 3. The molecule has 4 heteroatoms. The van der Waals surface area contributed by atoms with E-state index < -0.39 is 0 Å². The Labute approximate surface area is 117 Å². The summed E-state index contributed by atoms with van der Waals surface area (Å²) in [5.74, 6) is 0.912. The number of ether oxygens (including phenoxy) is 1. The lowest BCUT2D eigenvalue weighted by Crippen LogP contribution is -2.48. The maximum Gasteiger partial charge on any atom is 0.227 e. The summed E-state index contributed by atoms with van der Waals surface area (Å²) in [6.45, 7) is 4.31. The van der Waals surface area contributed by atoms with Crippen molar-refractivity contribution >= 4 is 5.91 Å². The van der Waals surface area contributed by atoms with Gasteiger partial charge in [-0.2, -0.15) is 0 Å². The van der Waals surface area contributed by atoms with Gasteiger partial charge in [-0.15, -0.1) is 0 Å². The Morgan fingerprint density at radius 3 is 2.58 bits per heavy atom. The van der Waals surface area contributed by atoms with Crippen molar-refractivity contribution in [2.75, 3.05) is 26.8 Å². The Bertz CT molecular complexity index is 261. The molecule has 1 fully saturated rings. The number of amides is 1. The van der Waals surface area contributed by atoms with E-state index in [1.807, 2.05) is 0 Å². The zero-order valence-electron chi connectivity index (χ0n) is 12.5. The van der Waals surface area contributed by atoms with Crippen LogP contribution in [0, 0.1) is 11.3 Å². The average molecular weight is 270 g/mol. The summed E-state index contributed by atoms with van der Waals surface area (Å²) in [6.07, 6.45) is 7.32. The fourth-order valence-corrected chi connectivity index (χ4v) is 2.78. The summed E-state index contributed by atoms with van der Waals surface area (Å²) in [5, 5.41) is 3.08. The van der Waals surface area contributed by atoms with E-state index in [1.165, 1.54) is 0 Å². The minimum absolute atomic E-state index is 0.175. The van der Waals surface area contributed by atoms with Crippen molar-refractivity contribution in [2.45, 2.75) is 51.9 Å². The van der Waals surface area contributed by atoms with E-state index in [2.05, 4.69) is 12.2 Å². The van der Waals surface area contributed by atoms with Gasteiger partial charge in [0.05, 0.1) is 5.41 Å². The quantitative estimate of drug-likeness (QED) is 0.664. The van der Waals surface area contributed by atoms with Crippen LogP contribution in [0.2, 0.25) is 0 Å². The Morgan fingerprint density at radius 2 is 2.00 bits per heavy atom. The van der Waals surface area contributed by atoms with E-state index in [1.54, 1.807) is 7.11 Å². The zero-order chi connectivity index (χ0) is 14.1. The third-order valence-electron chi connectivity index (χ3n) is 4.41. The molecule has 0 aromatic heterocycles. The zero-order valence-corrected chi connectivity index (χ0v) is 12.5. The molecule has 0 spiro atoms. The molecule has 4 nitrogen and oxygen atoms in total. The van der Waals surface area contributed by atoms with Crippen LogP contribution in [0.1, 0.15) is 51.9 Å². The minimum Gasteiger partial charge on any atom is -0.385 e. The van der Waals surface area contributed by atoms with Crippen LogP contribution in [0.15, 0.2) is 0 Å². The summed E-state index contributed by atoms with van der Waals surface area (Å²) < 4.78 is 5.00. The second-order valence-corrected chi connectivity index (χ2v) is 5.98. The monoisotopic (exact) mass is 270 g/mol. The van der Waals surface area contributed by atoms with Crippen LogP contribution in [0.5, 0.6) is 0 Å². The Morgan fingerprint density at radius 1 is 1.32 bits per heavy atom. The molecule has 19 heavy (non-hydrogen) atoms. The van der Waals surface area contributed by atoms with Gasteiger partial charge >= 0.3 is 0 Å². The highest BCUT2D eigenvalue weighted by Crippen LogP contribution is 2.38. The first-order valence-corrected chi connectivity index (χ1v) is 7.62. The second kappa shape index (κ2) is 8.54. The smallest absolute Gasteiger partial charge is 0.227 e. The van der Waals surface area contributed by atoms with Crippen LogP contribution in [-0.4, -0.2) is 32.7 Å². The highest BCUT2D eigenvalue weighted by atomic mass is 16.5. The lowest BCUT2D eigenvalue weighted by Gasteiger charge is -2.37. The van der Waals surface area contributed by atoms with E-state index in [0.717, 1.165) is 64.0 Å². The number of rotatable bonds is 8. The van der Waals surface area contributed by atoms with Crippen LogP contribution in [0.25, 0.3) is 0 Å². The molecule has 112 valence electrons. The van der Waals surface area contributed by atoms with E-state index in [9.17, 15) is 4.79 Å². The SMILES string of the molecule is COCCCCCNC(=O)C1(CN)CCC(C)CC1. The fourth-order valence-electron chi connectivity index (χ4n) is 2.78. The van der Waals surface area contributed by atoms with Gasteiger partial charge in [0.15, 0.2) is 0 Å². The van der Waals surface area contributed by atoms with Crippen molar-refractivity contribution in [2.24, 2.45) is 17.1 Å². The van der Waals surface area contributed by atoms with Gasteiger partial charge in [0.2, 0.25) is 5.91 Å². The first-order chi connectivity index (χ1) is 9.14. The maximum atomic E-state index is 12.3. The van der Waals surface area contributed by atoms with Gasteiger partial charge in [-0.05, 0) is 50.9 Å². The van der Waals surface area contributed by atoms with Crippen molar-refractivity contribution in [3.8, 4) is 0 Å². The maximum absolute atomic E-state index is 12.3. The molecule has 0 heterocycles. The van der Waals surface area contributed by atoms with Gasteiger partial charge < -0.3 is 15.8 Å². The first-order valence-electron chi connectivity index (χ1n) is 7.62. The summed E-state index contributed by atoms with van der Waals surface area (Å²) in [7, 11) is 1.72. The third-order valence-corrected chi connectivity index (χ3v) is 4.41. The molecule has 0 unspecified atom stereocenters. The van der Waals surface area contributed by atoms with E-state index in [0.29, 0.717) is 6.54 Å². The molecule has 1 aliphatic rings. The van der Waals surface area contributed by atoms with Crippen molar-refractivity contribution in [3.63, 3.8) is 0 Å². The molecule has 1 aliphatic carbocycles. The predicted molar refractivity (Wildman–Crippen MR) is 77.9 cm³/mol. The fraction of sp³-hybridized carbons (Fsp3) is 0.933. The molecular weight excluding hydrogens is 240 g/mol. The number of methoxy groups -OCH3 is 1. The first kappa shape index (κ1) is 16.4. The lowest BCUT2D eigenvalue weighted by molar-refractivity contribution is -0.132. The van der Waals surface area contributed by atoms with Crippen molar-refractivity contribution in [3.05, 3.63) is 0 Å². The molecule has 0 radical (unpaired) electrons. The van der Waals surface area contributed by atoms with E-state index in [4.69, 9.17) is 10.5 Å². The van der Waals surface area contributed by atoms with Gasteiger partial charge in [-0.1, -0.05) is 6.92 Å². The number of carbonyl (C=O) groups is 1. The number of nitrogens with two attached hydrogens (primary N) is 1. The van der Waals surface area contributed by atoms with Crippen LogP contribution in [-0.2, 0) is 9.53 Å². The predicted octanol–water partition coefficient (Wildman–Crippen LogP) is 2.07. The molecule has 0 saturated heterocycles. The summed E-state index contributed by atoms with van der Waals surface area (Å²) in [4.78, 5) is 12.3. The summed E-state index contributed by atoms with van der Waals surface area (Å²) in [6, 6.07) is 0. The Balaban J connectivity index is 2.26. The molecule has 1 saturated carbocycles. The topological polar surface area (TPSA) is 64.3 Å². The molecular formula is C15H30N2O2. The normalized spacial score (nSPS) is 27.2. The molecule has 0 atom stereocenters. The summed E-state index contributed by atoms with van der Waals surface area (Å²) in [5.41, 5.74) is 5.58. The Kier molecular flexibility index (Phi) is 7.39. The molecule has 0 aliphatic heterocycles. The lowest BCUT2D eigenvalue weighted by atomic mass is 9.70. The van der Waals surface area contributed by atoms with Gasteiger partial charge in [0, 0.05) is 26.8 Å². The number of unbranched alkanes of at least 4 members (excludes halogenated alkanes) is 2. The van der Waals surface area contributed by atoms with Gasteiger partial charge in [-0.3, -0.25) is 4.79 Å². The largest absolute Gasteiger partial charge is 0.385 e. The van der Waals surface area contributed by atoms with Gasteiger partial charge in [0.25, 0.3) is 0 Å². The van der Waals surface area contributed by atoms with Crippen molar-refractivity contribution in [1.82, 2.24) is 5.32 Å². The van der Waals surface area contributed by atoms with Crippen LogP contribution in [0.3, 0.4) is 0 Å². The second-order valence-electron chi connectivity index (χ2n) is 5.98. The van der Waals surface area contributed by atoms with Crippen LogP contribution in [0.4, 0.5) is 0 Å². The molecule has 3 N–H and O–H groups in total. The molecule has 1 rings (SSSR count). The highest BCUT2D eigenvalue weighted by molar-refractivity contribution is 5.83. The van der Waals surface area contributed by atoms with Crippen molar-refractivity contribution < 1.29 is 9.53 Å². The molecule has 1 amide bonds. The molecule has 0 aromatic carbocycles. The standard InChI is InChI=1S/C15H30N2O2/c1-13-6-8-15(12-16,9-7-13)14(18)17-10-4-3-5-11-19-2/h13H,3-12,16H2,1-2H3,(H,17,18). The number of nitrogens with one attached hydrogen (secondary N) is 1. The van der Waals surface area contributed by atoms with Gasteiger partial charge in [0.1, 0.15) is 0 Å².